The number of thioether (sulfide) groups is 4. The van der Waals surface area contributed by atoms with Gasteiger partial charge in [0.05, 0.1) is 30.6 Å². The Morgan fingerprint density at radius 3 is 2.05 bits per heavy atom. The quantitative estimate of drug-likeness (QED) is 0.260. The molecule has 0 aliphatic carbocycles. The van der Waals surface area contributed by atoms with E-state index >= 15 is 0 Å². The molecule has 0 atom stereocenters. The Bertz CT molecular complexity index is 913. The van der Waals surface area contributed by atoms with Gasteiger partial charge in [-0.25, -0.2) is 0 Å². The Labute approximate surface area is 181 Å². The van der Waals surface area contributed by atoms with Crippen LogP contribution < -0.4 is 8.38 Å². The second kappa shape index (κ2) is 6.82. The van der Waals surface area contributed by atoms with Crippen molar-refractivity contribution in [1.29, 1.82) is 0 Å². The molecule has 0 saturated heterocycles. The summed E-state index contributed by atoms with van der Waals surface area (Å²) in [5.41, 5.74) is 0. The number of aromatic nitrogens is 2. The van der Waals surface area contributed by atoms with Crippen molar-refractivity contribution in [3.63, 3.8) is 0 Å². The first-order valence-corrected chi connectivity index (χ1v) is 13.3. The van der Waals surface area contributed by atoms with E-state index in [0.717, 1.165) is 13.9 Å². The first-order chi connectivity index (χ1) is 10.1. The van der Waals surface area contributed by atoms with Gasteiger partial charge in [0.15, 0.2) is 0 Å². The minimum absolute atomic E-state index is 0.990. The number of hydrogen-bond donors (Lipinski definition) is 0. The molecule has 4 rings (SSSR count). The number of halogens is 2. The van der Waals surface area contributed by atoms with Crippen molar-refractivity contribution in [2.45, 2.75) is 10.1 Å². The molecular formula is C9I2N2S8. The van der Waals surface area contributed by atoms with E-state index in [1.54, 1.807) is 46.2 Å². The molecule has 108 valence electrons. The molecule has 0 amide bonds. The summed E-state index contributed by atoms with van der Waals surface area (Å²) in [4.78, 5) is 0. The molecule has 0 saturated carbocycles. The second-order valence-electron chi connectivity index (χ2n) is 3.51. The van der Waals surface area contributed by atoms with Crippen molar-refractivity contribution >= 4 is 147 Å². The van der Waals surface area contributed by atoms with Gasteiger partial charge in [-0.15, -0.1) is 22.7 Å². The highest BCUT2D eigenvalue weighted by atomic mass is 127. The van der Waals surface area contributed by atoms with Crippen LogP contribution in [0, 0.1) is 3.82 Å². The normalized spacial score (nSPS) is 18.0. The average molecular weight is 646 g/mol. The van der Waals surface area contributed by atoms with Crippen LogP contribution >= 0.6 is 139 Å². The zero-order chi connectivity index (χ0) is 14.6. The predicted octanol–water partition coefficient (Wildman–Crippen LogP) is 5.90. The maximum atomic E-state index is 5.59. The SMILES string of the molecule is S=c1sc(=C2Sc3nsnc3S2)sc1=C1SC(I)=C(I)S1. The molecule has 21 heavy (non-hydrogen) atoms. The summed E-state index contributed by atoms with van der Waals surface area (Å²) in [7, 11) is 0. The fourth-order valence-corrected chi connectivity index (χ4v) is 12.9. The van der Waals surface area contributed by atoms with Crippen LogP contribution in [0.5, 0.6) is 0 Å². The van der Waals surface area contributed by atoms with Gasteiger partial charge >= 0.3 is 0 Å². The summed E-state index contributed by atoms with van der Waals surface area (Å²) in [6.45, 7) is 0. The maximum Gasteiger partial charge on any atom is 0.150 e. The fourth-order valence-electron chi connectivity index (χ4n) is 1.43. The lowest BCUT2D eigenvalue weighted by atomic mass is 10.9. The third-order valence-corrected chi connectivity index (χ3v) is 15.5. The monoisotopic (exact) mass is 646 g/mol. The predicted molar refractivity (Wildman–Crippen MR) is 121 cm³/mol. The molecule has 0 fully saturated rings. The first-order valence-electron chi connectivity index (χ1n) is 5.09. The number of nitrogens with zero attached hydrogens (tertiary/aromatic N) is 2. The fraction of sp³-hybridized carbons (Fsp3) is 0. The van der Waals surface area contributed by atoms with Crippen LogP contribution in [-0.4, -0.2) is 8.75 Å². The van der Waals surface area contributed by atoms with Gasteiger partial charge in [0.1, 0.15) is 17.7 Å². The van der Waals surface area contributed by atoms with E-state index in [4.69, 9.17) is 12.2 Å². The van der Waals surface area contributed by atoms with Gasteiger partial charge in [-0.2, -0.15) is 8.75 Å². The van der Waals surface area contributed by atoms with Gasteiger partial charge < -0.3 is 0 Å². The van der Waals surface area contributed by atoms with E-state index in [2.05, 4.69) is 53.9 Å². The van der Waals surface area contributed by atoms with Crippen LogP contribution in [-0.2, 0) is 0 Å². The van der Waals surface area contributed by atoms with E-state index in [-0.39, 0.29) is 0 Å². The van der Waals surface area contributed by atoms with Gasteiger partial charge in [0, 0.05) is 0 Å². The summed E-state index contributed by atoms with van der Waals surface area (Å²) in [5, 5.41) is 2.08. The lowest BCUT2D eigenvalue weighted by Crippen LogP contribution is -1.96. The van der Waals surface area contributed by atoms with E-state index in [0.29, 0.717) is 0 Å². The summed E-state index contributed by atoms with van der Waals surface area (Å²) in [6, 6.07) is 0. The van der Waals surface area contributed by atoms with Crippen LogP contribution in [0.1, 0.15) is 0 Å². The zero-order valence-corrected chi connectivity index (χ0v) is 20.3. The molecule has 2 aromatic rings. The van der Waals surface area contributed by atoms with E-state index < -0.39 is 0 Å². The first kappa shape index (κ1) is 16.6. The van der Waals surface area contributed by atoms with Gasteiger partial charge in [-0.3, -0.25) is 0 Å². The number of hydrogen-bond acceptors (Lipinski definition) is 10. The topological polar surface area (TPSA) is 25.8 Å². The van der Waals surface area contributed by atoms with Gasteiger partial charge in [-0.1, -0.05) is 59.3 Å². The van der Waals surface area contributed by atoms with E-state index in [1.807, 2.05) is 23.5 Å². The molecule has 0 radical (unpaired) electrons. The van der Waals surface area contributed by atoms with Crippen molar-refractivity contribution in [1.82, 2.24) is 8.75 Å². The lowest BCUT2D eigenvalue weighted by Gasteiger charge is -1.90. The molecular weight excluding hydrogens is 646 g/mol. The van der Waals surface area contributed by atoms with Crippen molar-refractivity contribution in [2.24, 2.45) is 0 Å². The molecule has 0 N–H and O–H groups in total. The standard InChI is InChI=1S/C9I2N2S8/c10-2-3(11)17-7(16-2)1-6(14)20-8(15-1)9-18-4-5(19-9)13-21-12-4. The molecule has 0 unspecified atom stereocenters. The molecule has 0 aromatic carbocycles. The Kier molecular flexibility index (Phi) is 5.40. The van der Waals surface area contributed by atoms with Crippen LogP contribution in [0.25, 0.3) is 8.47 Å². The largest absolute Gasteiger partial charge is 0.165 e. The van der Waals surface area contributed by atoms with Gasteiger partial charge in [0.25, 0.3) is 0 Å². The summed E-state index contributed by atoms with van der Waals surface area (Å²) in [5.74, 6) is 0. The van der Waals surface area contributed by atoms with Crippen LogP contribution in [0.3, 0.4) is 0 Å². The molecule has 4 heterocycles. The van der Waals surface area contributed by atoms with Crippen LogP contribution in [0.2, 0.25) is 0 Å². The number of fused-ring (bicyclic) bond motifs is 1. The highest BCUT2D eigenvalue weighted by molar-refractivity contribution is 14.1. The Hall–Kier alpha value is 2.17. The highest BCUT2D eigenvalue weighted by Crippen LogP contribution is 2.55. The molecule has 2 aliphatic heterocycles. The minimum atomic E-state index is 0.990. The van der Waals surface area contributed by atoms with Crippen molar-refractivity contribution < 1.29 is 0 Å². The Balaban J connectivity index is 1.82. The molecule has 0 bridgehead atoms. The zero-order valence-electron chi connectivity index (χ0n) is 9.42. The average Bonchev–Trinajstić information content (AvgIpc) is 3.13. The third-order valence-electron chi connectivity index (χ3n) is 2.25. The second-order valence-corrected chi connectivity index (χ2v) is 15.2. The molecule has 0 spiro atoms. The van der Waals surface area contributed by atoms with E-state index in [9.17, 15) is 0 Å². The smallest absolute Gasteiger partial charge is 0.150 e. The Morgan fingerprint density at radius 1 is 0.810 bits per heavy atom. The van der Waals surface area contributed by atoms with Crippen molar-refractivity contribution in [3.8, 4) is 0 Å². The summed E-state index contributed by atoms with van der Waals surface area (Å²) >= 11 is 22.3. The number of rotatable bonds is 0. The van der Waals surface area contributed by atoms with Crippen LogP contribution in [0.4, 0.5) is 0 Å². The van der Waals surface area contributed by atoms with Gasteiger partial charge in [0.2, 0.25) is 0 Å². The van der Waals surface area contributed by atoms with Crippen molar-refractivity contribution in [3.05, 3.63) is 18.0 Å². The highest BCUT2D eigenvalue weighted by Gasteiger charge is 2.24. The van der Waals surface area contributed by atoms with Gasteiger partial charge in [-0.05, 0) is 45.2 Å². The summed E-state index contributed by atoms with van der Waals surface area (Å²) < 4.78 is 17.4. The molecule has 2 nitrogen and oxygen atoms in total. The minimum Gasteiger partial charge on any atom is -0.165 e. The molecule has 2 aliphatic rings. The van der Waals surface area contributed by atoms with Crippen LogP contribution in [0.15, 0.2) is 15.9 Å². The van der Waals surface area contributed by atoms with Crippen molar-refractivity contribution in [2.75, 3.05) is 0 Å². The maximum absolute atomic E-state index is 5.59. The summed E-state index contributed by atoms with van der Waals surface area (Å²) in [6.07, 6.45) is 0. The molecule has 2 aromatic heterocycles. The Morgan fingerprint density at radius 2 is 1.43 bits per heavy atom. The van der Waals surface area contributed by atoms with E-state index in [1.165, 1.54) is 34.4 Å². The molecule has 12 heteroatoms. The third kappa shape index (κ3) is 3.31. The lowest BCUT2D eigenvalue weighted by molar-refractivity contribution is 1.10.